The topological polar surface area (TPSA) is 114 Å². The Morgan fingerprint density at radius 2 is 1.89 bits per heavy atom. The number of nitrogens with zero attached hydrogens (tertiary/aromatic N) is 5. The molecular weight excluding hydrogens is 606 g/mol. The average Bonchev–Trinajstić information content (AvgIpc) is 3.64. The number of ether oxygens (including phenoxy) is 2. The summed E-state index contributed by atoms with van der Waals surface area (Å²) in [4.78, 5) is 35.2. The first-order valence-corrected chi connectivity index (χ1v) is 16.0. The molecule has 14 heteroatoms. The third-order valence-corrected chi connectivity index (χ3v) is 7.77. The van der Waals surface area contributed by atoms with E-state index in [4.69, 9.17) is 9.47 Å². The maximum absolute atomic E-state index is 13.4. The number of hydrogen-bond acceptors (Lipinski definition) is 10. The summed E-state index contributed by atoms with van der Waals surface area (Å²) in [5.41, 5.74) is 4.21. The Morgan fingerprint density at radius 3 is 2.50 bits per heavy atom. The second-order valence-corrected chi connectivity index (χ2v) is 12.0. The summed E-state index contributed by atoms with van der Waals surface area (Å²) < 4.78 is 26.6. The highest BCUT2D eigenvalue weighted by molar-refractivity contribution is 7.92. The SMILES string of the molecule is CC.CNCCN1CCN(C(=O)OC(C)(C)C)CC1.COc1cc2scnc2cc1-c1cn(SF)c2nc(NC=O)ccc12. The van der Waals surface area contributed by atoms with Gasteiger partial charge in [-0.2, -0.15) is 0 Å². The highest BCUT2D eigenvalue weighted by Crippen LogP contribution is 2.40. The molecule has 0 spiro atoms. The van der Waals surface area contributed by atoms with Gasteiger partial charge in [-0.25, -0.2) is 18.7 Å². The molecule has 1 aliphatic heterocycles. The third kappa shape index (κ3) is 9.03. The van der Waals surface area contributed by atoms with Crippen LogP contribution in [0.25, 0.3) is 32.4 Å². The summed E-state index contributed by atoms with van der Waals surface area (Å²) in [6.07, 6.45) is 2.00. The van der Waals surface area contributed by atoms with Gasteiger partial charge < -0.3 is 25.0 Å². The van der Waals surface area contributed by atoms with Crippen molar-refractivity contribution in [2.45, 2.75) is 40.2 Å². The van der Waals surface area contributed by atoms with E-state index < -0.39 is 5.60 Å². The number of hydrogen-bond donors (Lipinski definition) is 2. The molecule has 3 aromatic heterocycles. The van der Waals surface area contributed by atoms with Gasteiger partial charge in [-0.05, 0) is 46.0 Å². The van der Waals surface area contributed by atoms with Crippen molar-refractivity contribution < 1.29 is 22.9 Å². The van der Waals surface area contributed by atoms with E-state index in [1.165, 1.54) is 15.3 Å². The molecule has 240 valence electrons. The zero-order chi connectivity index (χ0) is 32.3. The first-order chi connectivity index (χ1) is 21.2. The van der Waals surface area contributed by atoms with Gasteiger partial charge in [-0.1, -0.05) is 13.8 Å². The zero-order valence-corrected chi connectivity index (χ0v) is 28.0. The van der Waals surface area contributed by atoms with E-state index in [0.29, 0.717) is 23.6 Å². The molecule has 0 saturated carbocycles. The first kappa shape index (κ1) is 35.0. The highest BCUT2D eigenvalue weighted by Gasteiger charge is 2.25. The molecule has 0 aliphatic carbocycles. The summed E-state index contributed by atoms with van der Waals surface area (Å²) in [5.74, 6) is 1.03. The number of likely N-dealkylation sites (N-methyl/N-ethyl adjacent to an activating group) is 1. The van der Waals surface area contributed by atoms with Crippen LogP contribution in [0.3, 0.4) is 0 Å². The molecule has 11 nitrogen and oxygen atoms in total. The van der Waals surface area contributed by atoms with E-state index in [0.717, 1.165) is 66.0 Å². The monoisotopic (exact) mass is 647 g/mol. The Labute approximate surface area is 266 Å². The third-order valence-electron chi connectivity index (χ3n) is 6.55. The van der Waals surface area contributed by atoms with Crippen molar-refractivity contribution in [3.8, 4) is 16.9 Å². The number of halogens is 1. The summed E-state index contributed by atoms with van der Waals surface area (Å²) in [6.45, 7) is 15.1. The second kappa shape index (κ2) is 16.6. The molecule has 1 saturated heterocycles. The van der Waals surface area contributed by atoms with E-state index in [2.05, 4.69) is 25.5 Å². The minimum Gasteiger partial charge on any atom is -0.496 e. The van der Waals surface area contributed by atoms with Gasteiger partial charge in [-0.3, -0.25) is 9.69 Å². The number of rotatable bonds is 8. The van der Waals surface area contributed by atoms with Crippen molar-refractivity contribution >= 4 is 63.2 Å². The van der Waals surface area contributed by atoms with E-state index in [-0.39, 0.29) is 18.4 Å². The largest absolute Gasteiger partial charge is 0.496 e. The number of anilines is 1. The maximum atomic E-state index is 13.4. The Hall–Kier alpha value is -3.46. The Kier molecular flexibility index (Phi) is 13.2. The Bertz CT molecular complexity index is 1510. The van der Waals surface area contributed by atoms with Crippen molar-refractivity contribution in [2.24, 2.45) is 0 Å². The molecule has 44 heavy (non-hydrogen) atoms. The molecule has 5 rings (SSSR count). The molecule has 0 unspecified atom stereocenters. The predicted octanol–water partition coefficient (Wildman–Crippen LogP) is 6.06. The van der Waals surface area contributed by atoms with E-state index in [1.54, 1.807) is 35.8 Å². The quantitative estimate of drug-likeness (QED) is 0.221. The number of fused-ring (bicyclic) bond motifs is 2. The molecule has 2 N–H and O–H groups in total. The van der Waals surface area contributed by atoms with Crippen molar-refractivity contribution in [3.63, 3.8) is 0 Å². The number of amides is 2. The summed E-state index contributed by atoms with van der Waals surface area (Å²) in [6, 6.07) is 7.30. The van der Waals surface area contributed by atoms with Crippen molar-refractivity contribution in [1.29, 1.82) is 0 Å². The van der Waals surface area contributed by atoms with Gasteiger partial charge in [0.25, 0.3) is 0 Å². The average molecular weight is 648 g/mol. The molecule has 4 heterocycles. The van der Waals surface area contributed by atoms with Gasteiger partial charge in [0.1, 0.15) is 17.2 Å². The fourth-order valence-corrected chi connectivity index (χ4v) is 5.53. The van der Waals surface area contributed by atoms with Gasteiger partial charge in [0.15, 0.2) is 18.0 Å². The minimum absolute atomic E-state index is 0.0430. The number of pyridine rings is 1. The smallest absolute Gasteiger partial charge is 0.410 e. The lowest BCUT2D eigenvalue weighted by Crippen LogP contribution is -2.51. The number of carbonyl (C=O) groups excluding carboxylic acids is 2. The first-order valence-electron chi connectivity index (χ1n) is 14.4. The lowest BCUT2D eigenvalue weighted by Gasteiger charge is -2.35. The normalized spacial score (nSPS) is 13.5. The standard InChI is InChI=1S/C16H11FN4O2S2.C12H25N3O2.C2H6/c1-23-13-5-14-12(19-8-24-14)4-10(13)11-6-21(25-17)16-9(11)2-3-15(20-16)18-7-22;1-12(2,3)17-11(16)15-9-7-14(8-10-15)6-5-13-4;1-2/h2-8H,1H3,(H,18,20,22);13H,5-10H2,1-4H3;1-2H3. The molecule has 2 amide bonds. The summed E-state index contributed by atoms with van der Waals surface area (Å²) in [7, 11) is 3.55. The van der Waals surface area contributed by atoms with Crippen LogP contribution in [0.2, 0.25) is 0 Å². The second-order valence-electron chi connectivity index (χ2n) is 10.6. The Morgan fingerprint density at radius 1 is 1.16 bits per heavy atom. The number of benzene rings is 1. The number of carbonyl (C=O) groups is 2. The maximum Gasteiger partial charge on any atom is 0.410 e. The molecule has 0 bridgehead atoms. The fraction of sp³-hybridized carbons (Fsp3) is 0.467. The van der Waals surface area contributed by atoms with Gasteiger partial charge in [0.2, 0.25) is 6.41 Å². The predicted molar refractivity (Wildman–Crippen MR) is 178 cm³/mol. The minimum atomic E-state index is -0.402. The number of nitrogens with one attached hydrogen (secondary N) is 2. The van der Waals surface area contributed by atoms with E-state index in [9.17, 15) is 13.5 Å². The number of methoxy groups -OCH3 is 1. The summed E-state index contributed by atoms with van der Waals surface area (Å²) in [5, 5.41) is 6.35. The van der Waals surface area contributed by atoms with Crippen LogP contribution >= 0.6 is 23.7 Å². The van der Waals surface area contributed by atoms with Crippen LogP contribution < -0.4 is 15.4 Å². The van der Waals surface area contributed by atoms with Gasteiger partial charge in [0, 0.05) is 68.0 Å². The summed E-state index contributed by atoms with van der Waals surface area (Å²) >= 11 is 1.57. The van der Waals surface area contributed by atoms with Crippen LogP contribution in [-0.4, -0.2) is 95.3 Å². The zero-order valence-electron chi connectivity index (χ0n) is 26.3. The van der Waals surface area contributed by atoms with Gasteiger partial charge >= 0.3 is 6.09 Å². The van der Waals surface area contributed by atoms with Gasteiger partial charge in [-0.15, -0.1) is 15.2 Å². The molecule has 1 aromatic carbocycles. The van der Waals surface area contributed by atoms with Crippen molar-refractivity contribution in [1.82, 2.24) is 29.1 Å². The van der Waals surface area contributed by atoms with Gasteiger partial charge in [0.05, 0.1) is 22.8 Å². The van der Waals surface area contributed by atoms with Crippen LogP contribution in [0, 0.1) is 0 Å². The molecule has 0 atom stereocenters. The molecule has 1 fully saturated rings. The molecule has 4 aromatic rings. The van der Waals surface area contributed by atoms with E-state index in [1.807, 2.05) is 53.8 Å². The van der Waals surface area contributed by atoms with Crippen LogP contribution in [0.1, 0.15) is 34.6 Å². The number of piperazine rings is 1. The van der Waals surface area contributed by atoms with Crippen LogP contribution in [0.4, 0.5) is 14.5 Å². The molecule has 1 aliphatic rings. The van der Waals surface area contributed by atoms with Crippen LogP contribution in [0.5, 0.6) is 5.75 Å². The van der Waals surface area contributed by atoms with Crippen LogP contribution in [0.15, 0.2) is 36.0 Å². The fourth-order valence-electron chi connectivity index (χ4n) is 4.50. The highest BCUT2D eigenvalue weighted by atomic mass is 32.2. The number of thiazole rings is 1. The lowest BCUT2D eigenvalue weighted by molar-refractivity contribution is -0.105. The molecular formula is C30H42FN7O4S2. The Balaban J connectivity index is 0.000000245. The van der Waals surface area contributed by atoms with Crippen molar-refractivity contribution in [2.75, 3.05) is 58.7 Å². The van der Waals surface area contributed by atoms with Crippen LogP contribution in [-0.2, 0) is 9.53 Å². The lowest BCUT2D eigenvalue weighted by atomic mass is 10.0. The molecule has 0 radical (unpaired) electrons. The number of aromatic nitrogens is 3. The van der Waals surface area contributed by atoms with E-state index >= 15 is 0 Å². The van der Waals surface area contributed by atoms with Crippen molar-refractivity contribution in [3.05, 3.63) is 36.0 Å².